The summed E-state index contributed by atoms with van der Waals surface area (Å²) in [6, 6.07) is 18.0. The molecule has 30 heavy (non-hydrogen) atoms. The number of aromatic nitrogens is 6. The molecule has 2 heterocycles. The average molecular weight is 417 g/mol. The van der Waals surface area contributed by atoms with E-state index in [4.69, 9.17) is 16.7 Å². The van der Waals surface area contributed by atoms with E-state index in [9.17, 15) is 0 Å². The van der Waals surface area contributed by atoms with E-state index in [0.717, 1.165) is 22.1 Å². The van der Waals surface area contributed by atoms with Crippen LogP contribution in [0.15, 0.2) is 54.6 Å². The lowest BCUT2D eigenvalue weighted by atomic mass is 9.79. The van der Waals surface area contributed by atoms with Gasteiger partial charge in [0, 0.05) is 5.02 Å². The largest absolute Gasteiger partial charge is 0.128 e. The number of aryl methyl sites for hydroxylation is 1. The predicted molar refractivity (Wildman–Crippen MR) is 120 cm³/mol. The summed E-state index contributed by atoms with van der Waals surface area (Å²) in [4.78, 5) is 2.84. The zero-order valence-electron chi connectivity index (χ0n) is 17.3. The van der Waals surface area contributed by atoms with Crippen molar-refractivity contribution in [3.8, 4) is 11.1 Å². The summed E-state index contributed by atoms with van der Waals surface area (Å²) in [6.07, 6.45) is 0. The molecule has 0 saturated heterocycles. The summed E-state index contributed by atoms with van der Waals surface area (Å²) >= 11 is 6.08. The van der Waals surface area contributed by atoms with Crippen LogP contribution in [0.2, 0.25) is 5.02 Å². The number of halogens is 1. The Bertz CT molecular complexity index is 1390. The van der Waals surface area contributed by atoms with Crippen LogP contribution in [0.1, 0.15) is 31.9 Å². The minimum Gasteiger partial charge on any atom is -0.128 e. The SMILES string of the molecule is Cc1c(-c2ccccc2)c(C(C)(C)C)cc2nn(-n3nc4ccc(Cl)cc4n3)nc12. The first kappa shape index (κ1) is 18.8. The van der Waals surface area contributed by atoms with Crippen molar-refractivity contribution in [1.82, 2.24) is 30.2 Å². The Hall–Kier alpha value is -3.25. The third kappa shape index (κ3) is 3.04. The molecule has 0 N–H and O–H groups in total. The fraction of sp³-hybridized carbons (Fsp3) is 0.217. The Kier molecular flexibility index (Phi) is 4.15. The summed E-state index contributed by atoms with van der Waals surface area (Å²) in [7, 11) is 0. The van der Waals surface area contributed by atoms with Crippen LogP contribution in [0.25, 0.3) is 33.2 Å². The molecule has 0 spiro atoms. The van der Waals surface area contributed by atoms with Crippen molar-refractivity contribution in [2.75, 3.05) is 0 Å². The molecule has 0 atom stereocenters. The van der Waals surface area contributed by atoms with E-state index in [0.29, 0.717) is 10.5 Å². The van der Waals surface area contributed by atoms with Crippen LogP contribution in [-0.2, 0) is 5.41 Å². The molecule has 5 rings (SSSR count). The molecule has 0 bridgehead atoms. The Morgan fingerprint density at radius 1 is 0.767 bits per heavy atom. The van der Waals surface area contributed by atoms with Gasteiger partial charge in [-0.05, 0) is 68.7 Å². The van der Waals surface area contributed by atoms with Gasteiger partial charge in [0.2, 0.25) is 0 Å². The molecule has 0 radical (unpaired) electrons. The summed E-state index contributed by atoms with van der Waals surface area (Å²) in [5.74, 6) is 0. The lowest BCUT2D eigenvalue weighted by Gasteiger charge is -2.24. The molecular weight excluding hydrogens is 396 g/mol. The van der Waals surface area contributed by atoms with Crippen LogP contribution < -0.4 is 0 Å². The first-order valence-corrected chi connectivity index (χ1v) is 10.2. The predicted octanol–water partition coefficient (Wildman–Crippen LogP) is 5.41. The molecule has 0 aliphatic heterocycles. The van der Waals surface area contributed by atoms with Crippen molar-refractivity contribution in [2.24, 2.45) is 0 Å². The van der Waals surface area contributed by atoms with Gasteiger partial charge in [0.15, 0.2) is 0 Å². The highest BCUT2D eigenvalue weighted by Gasteiger charge is 2.24. The Morgan fingerprint density at radius 2 is 1.43 bits per heavy atom. The number of rotatable bonds is 2. The third-order valence-corrected chi connectivity index (χ3v) is 5.51. The van der Waals surface area contributed by atoms with Gasteiger partial charge in [0.05, 0.1) is 0 Å². The zero-order chi connectivity index (χ0) is 21.0. The van der Waals surface area contributed by atoms with Crippen LogP contribution >= 0.6 is 11.6 Å². The molecule has 0 fully saturated rings. The van der Waals surface area contributed by atoms with Crippen LogP contribution in [0.5, 0.6) is 0 Å². The van der Waals surface area contributed by atoms with Gasteiger partial charge in [-0.25, -0.2) is 0 Å². The van der Waals surface area contributed by atoms with E-state index in [1.165, 1.54) is 26.5 Å². The van der Waals surface area contributed by atoms with Crippen molar-refractivity contribution < 1.29 is 0 Å². The van der Waals surface area contributed by atoms with E-state index in [2.05, 4.69) is 73.3 Å². The third-order valence-electron chi connectivity index (χ3n) is 5.27. The van der Waals surface area contributed by atoms with Gasteiger partial charge < -0.3 is 0 Å². The van der Waals surface area contributed by atoms with Crippen molar-refractivity contribution in [1.29, 1.82) is 0 Å². The second kappa shape index (κ2) is 6.64. The van der Waals surface area contributed by atoms with Crippen LogP contribution in [0.3, 0.4) is 0 Å². The lowest BCUT2D eigenvalue weighted by molar-refractivity contribution is 0.398. The fourth-order valence-corrected chi connectivity index (χ4v) is 3.97. The molecular formula is C23H21ClN6. The Labute approximate surface area is 179 Å². The maximum atomic E-state index is 6.08. The average Bonchev–Trinajstić information content (AvgIpc) is 3.31. The van der Waals surface area contributed by atoms with Crippen molar-refractivity contribution in [2.45, 2.75) is 33.1 Å². The van der Waals surface area contributed by atoms with Gasteiger partial charge in [0.1, 0.15) is 22.1 Å². The summed E-state index contributed by atoms with van der Waals surface area (Å²) in [6.45, 7) is 8.76. The van der Waals surface area contributed by atoms with E-state index in [1.807, 2.05) is 12.1 Å². The quantitative estimate of drug-likeness (QED) is 0.386. The lowest BCUT2D eigenvalue weighted by Crippen LogP contribution is -2.15. The maximum Gasteiger partial charge on any atom is 0.119 e. The molecule has 150 valence electrons. The summed E-state index contributed by atoms with van der Waals surface area (Å²) in [5.41, 5.74) is 7.73. The summed E-state index contributed by atoms with van der Waals surface area (Å²) < 4.78 is 0. The molecule has 5 aromatic rings. The molecule has 7 heteroatoms. The van der Waals surface area contributed by atoms with E-state index in [1.54, 1.807) is 12.1 Å². The smallest absolute Gasteiger partial charge is 0.119 e. The van der Waals surface area contributed by atoms with Crippen LogP contribution in [0.4, 0.5) is 0 Å². The highest BCUT2D eigenvalue weighted by molar-refractivity contribution is 6.31. The van der Waals surface area contributed by atoms with Crippen LogP contribution in [0, 0.1) is 6.92 Å². The Balaban J connectivity index is 1.75. The highest BCUT2D eigenvalue weighted by atomic mass is 35.5. The van der Waals surface area contributed by atoms with Gasteiger partial charge in [-0.15, -0.1) is 20.4 Å². The molecule has 6 nitrogen and oxygen atoms in total. The first-order chi connectivity index (χ1) is 14.3. The summed E-state index contributed by atoms with van der Waals surface area (Å²) in [5, 5.41) is 19.0. The second-order valence-corrected chi connectivity index (χ2v) is 8.91. The zero-order valence-corrected chi connectivity index (χ0v) is 18.0. The molecule has 3 aromatic carbocycles. The number of benzene rings is 3. The van der Waals surface area contributed by atoms with Crippen molar-refractivity contribution in [3.63, 3.8) is 0 Å². The molecule has 0 amide bonds. The van der Waals surface area contributed by atoms with Gasteiger partial charge >= 0.3 is 0 Å². The Morgan fingerprint density at radius 3 is 2.17 bits per heavy atom. The van der Waals surface area contributed by atoms with E-state index < -0.39 is 0 Å². The molecule has 0 saturated carbocycles. The first-order valence-electron chi connectivity index (χ1n) is 9.81. The minimum absolute atomic E-state index is 0.0523. The maximum absolute atomic E-state index is 6.08. The van der Waals surface area contributed by atoms with E-state index >= 15 is 0 Å². The van der Waals surface area contributed by atoms with Gasteiger partial charge in [0.25, 0.3) is 0 Å². The molecule has 2 aromatic heterocycles. The second-order valence-electron chi connectivity index (χ2n) is 8.48. The van der Waals surface area contributed by atoms with Gasteiger partial charge in [-0.1, -0.05) is 62.7 Å². The van der Waals surface area contributed by atoms with Gasteiger partial charge in [-0.2, -0.15) is 0 Å². The number of fused-ring (bicyclic) bond motifs is 2. The molecule has 0 unspecified atom stereocenters. The normalized spacial score (nSPS) is 12.2. The molecule has 0 aliphatic rings. The standard InChI is InChI=1S/C23H21ClN6/c1-14-21(15-8-6-5-7-9-15)17(23(2,3)4)13-20-22(14)28-30(27-20)29-25-18-11-10-16(24)12-19(18)26-29/h5-13H,1-4H3. The number of hydrogen-bond donors (Lipinski definition) is 0. The minimum atomic E-state index is -0.0523. The fourth-order valence-electron chi connectivity index (χ4n) is 3.81. The van der Waals surface area contributed by atoms with Crippen molar-refractivity contribution >= 4 is 33.7 Å². The van der Waals surface area contributed by atoms with Crippen molar-refractivity contribution in [3.05, 3.63) is 70.7 Å². The topological polar surface area (TPSA) is 61.4 Å². The highest BCUT2D eigenvalue weighted by Crippen LogP contribution is 2.38. The van der Waals surface area contributed by atoms with Gasteiger partial charge in [-0.3, -0.25) is 0 Å². The van der Waals surface area contributed by atoms with Crippen LogP contribution in [-0.4, -0.2) is 30.2 Å². The molecule has 0 aliphatic carbocycles. The van der Waals surface area contributed by atoms with E-state index in [-0.39, 0.29) is 5.41 Å². The monoisotopic (exact) mass is 416 g/mol. The number of nitrogens with zero attached hydrogens (tertiary/aromatic N) is 6. The number of hydrogen-bond acceptors (Lipinski definition) is 4.